The number of hydrogen-bond donors (Lipinski definition) is 0. The summed E-state index contributed by atoms with van der Waals surface area (Å²) in [6.45, 7) is 5.26. The summed E-state index contributed by atoms with van der Waals surface area (Å²) in [5, 5.41) is 0. The van der Waals surface area contributed by atoms with E-state index in [1.54, 1.807) is 0 Å². The van der Waals surface area contributed by atoms with Gasteiger partial charge in [0, 0.05) is 6.16 Å². The molecule has 0 saturated heterocycles. The number of rotatable bonds is 6. The molecule has 4 heteroatoms. The number of hydrogen-bond acceptors (Lipinski definition) is 1. The van der Waals surface area contributed by atoms with Gasteiger partial charge in [-0.2, -0.15) is 4.34 Å². The van der Waals surface area contributed by atoms with Crippen LogP contribution >= 0.6 is 7.29 Å². The summed E-state index contributed by atoms with van der Waals surface area (Å²) in [5.41, 5.74) is 1.08. The lowest BCUT2D eigenvalue weighted by molar-refractivity contribution is -0.677. The van der Waals surface area contributed by atoms with Gasteiger partial charge in [-0.25, -0.2) is 4.57 Å². The Hall–Kier alpha value is -0.560. The highest BCUT2D eigenvalue weighted by molar-refractivity contribution is 7.76. The van der Waals surface area contributed by atoms with E-state index in [-0.39, 0.29) is 0 Å². The van der Waals surface area contributed by atoms with Crippen LogP contribution in [0.5, 0.6) is 0 Å². The Balaban J connectivity index is 1.91. The second-order valence-corrected chi connectivity index (χ2v) is 7.08. The van der Waals surface area contributed by atoms with Crippen molar-refractivity contribution in [1.82, 2.24) is 4.34 Å². The second kappa shape index (κ2) is 4.13. The lowest BCUT2D eigenvalue weighted by Gasteiger charge is -1.96. The zero-order chi connectivity index (χ0) is 10.9. The number of fused-ring (bicyclic) bond motifs is 1. The third kappa shape index (κ3) is 1.78. The summed E-state index contributed by atoms with van der Waals surface area (Å²) in [5.74, 6) is 0. The van der Waals surface area contributed by atoms with E-state index in [0.717, 1.165) is 18.3 Å². The molecule has 1 atom stereocenters. The first-order chi connectivity index (χ1) is 7.24. The number of aryl methyl sites for hydroxylation is 1. The van der Waals surface area contributed by atoms with Crippen LogP contribution in [-0.4, -0.2) is 10.5 Å². The lowest BCUT2D eigenvalue weighted by Crippen LogP contribution is -2.41. The second-order valence-electron chi connectivity index (χ2n) is 4.21. The van der Waals surface area contributed by atoms with E-state index >= 15 is 0 Å². The van der Waals surface area contributed by atoms with Crippen molar-refractivity contribution in [3.63, 3.8) is 0 Å². The molecule has 1 unspecified atom stereocenters. The summed E-state index contributed by atoms with van der Waals surface area (Å²) < 4.78 is 16.3. The van der Waals surface area contributed by atoms with Gasteiger partial charge in [-0.1, -0.05) is 26.7 Å². The van der Waals surface area contributed by atoms with E-state index in [1.807, 2.05) is 17.5 Å². The zero-order valence-corrected chi connectivity index (χ0v) is 10.5. The summed E-state index contributed by atoms with van der Waals surface area (Å²) >= 11 is 0. The molecule has 3 nitrogen and oxygen atoms in total. The molecule has 84 valence electrons. The standard InChI is InChI=1S/C11H20N2OP/c1-3-5-6-7-8-12-9-10-13-11(12)15(13,14)4-2/h9-10H,3-8H2,1-2H3/q+1. The predicted octanol–water partition coefficient (Wildman–Crippen LogP) is 2.14. The Labute approximate surface area is 91.5 Å². The fourth-order valence-corrected chi connectivity index (χ4v) is 4.52. The zero-order valence-electron chi connectivity index (χ0n) is 9.65. The molecule has 0 spiro atoms. The summed E-state index contributed by atoms with van der Waals surface area (Å²) in [4.78, 5) is 0. The molecule has 0 N–H and O–H groups in total. The third-order valence-corrected chi connectivity index (χ3v) is 5.94. The van der Waals surface area contributed by atoms with Crippen LogP contribution in [0.25, 0.3) is 0 Å². The average molecular weight is 227 g/mol. The first-order valence-electron chi connectivity index (χ1n) is 5.95. The third-order valence-electron chi connectivity index (χ3n) is 3.15. The van der Waals surface area contributed by atoms with Gasteiger partial charge in [0.15, 0.2) is 0 Å². The highest BCUT2D eigenvalue weighted by Gasteiger charge is 2.58. The molecule has 0 aromatic carbocycles. The molecule has 0 aliphatic carbocycles. The highest BCUT2D eigenvalue weighted by Crippen LogP contribution is 2.56. The van der Waals surface area contributed by atoms with Crippen molar-refractivity contribution >= 4 is 12.9 Å². The fraction of sp³-hybridized carbons (Fsp3) is 0.727. The molecule has 0 radical (unpaired) electrons. The average Bonchev–Trinajstić information content (AvgIpc) is 2.63. The van der Waals surface area contributed by atoms with Crippen molar-refractivity contribution in [1.29, 1.82) is 0 Å². The topological polar surface area (TPSA) is 25.9 Å². The van der Waals surface area contributed by atoms with Crippen LogP contribution in [0, 0.1) is 0 Å². The minimum Gasteiger partial charge on any atom is -0.260 e. The van der Waals surface area contributed by atoms with Gasteiger partial charge >= 0.3 is 12.9 Å². The van der Waals surface area contributed by atoms with E-state index < -0.39 is 7.29 Å². The van der Waals surface area contributed by atoms with Gasteiger partial charge in [0.2, 0.25) is 0 Å². The molecule has 0 saturated carbocycles. The normalized spacial score (nSPS) is 22.8. The summed E-state index contributed by atoms with van der Waals surface area (Å²) in [6, 6.07) is 0. The SMILES string of the molecule is CCCCCC[n+]1ccn2c1P2(=O)CC. The van der Waals surface area contributed by atoms with Gasteiger partial charge in [-0.05, 0) is 12.8 Å². The van der Waals surface area contributed by atoms with E-state index in [9.17, 15) is 4.57 Å². The summed E-state index contributed by atoms with van der Waals surface area (Å²) in [6.07, 6.45) is 9.88. The molecule has 1 aromatic rings. The number of imidazole rings is 1. The minimum atomic E-state index is -2.03. The molecule has 1 aliphatic heterocycles. The van der Waals surface area contributed by atoms with Crippen LogP contribution < -0.4 is 10.1 Å². The molecule has 0 bridgehead atoms. The minimum absolute atomic E-state index is 0.776. The van der Waals surface area contributed by atoms with Crippen molar-refractivity contribution in [2.45, 2.75) is 46.1 Å². The van der Waals surface area contributed by atoms with Crippen LogP contribution in [0.15, 0.2) is 12.4 Å². The molecular formula is C11H20N2OP+. The largest absolute Gasteiger partial charge is 0.363 e. The van der Waals surface area contributed by atoms with Gasteiger partial charge in [0.05, 0.1) is 6.54 Å². The van der Waals surface area contributed by atoms with Crippen LogP contribution in [0.1, 0.15) is 39.5 Å². The molecule has 0 amide bonds. The number of unbranched alkanes of at least 4 members (excludes halogenated alkanes) is 3. The first-order valence-corrected chi connectivity index (χ1v) is 7.79. The predicted molar refractivity (Wildman–Crippen MR) is 61.9 cm³/mol. The molecular weight excluding hydrogens is 207 g/mol. The van der Waals surface area contributed by atoms with Gasteiger partial charge < -0.3 is 0 Å². The highest BCUT2D eigenvalue weighted by atomic mass is 31.2. The smallest absolute Gasteiger partial charge is 0.260 e. The fourth-order valence-electron chi connectivity index (χ4n) is 2.13. The van der Waals surface area contributed by atoms with Crippen LogP contribution in [0.3, 0.4) is 0 Å². The van der Waals surface area contributed by atoms with Crippen LogP contribution in [0.2, 0.25) is 0 Å². The van der Waals surface area contributed by atoms with E-state index in [1.165, 1.54) is 25.7 Å². The maximum Gasteiger partial charge on any atom is 0.363 e. The van der Waals surface area contributed by atoms with Crippen molar-refractivity contribution in [2.75, 3.05) is 6.16 Å². The van der Waals surface area contributed by atoms with E-state index in [4.69, 9.17) is 0 Å². The Morgan fingerprint density at radius 2 is 2.13 bits per heavy atom. The molecule has 1 aliphatic rings. The van der Waals surface area contributed by atoms with Gasteiger partial charge in [0.25, 0.3) is 0 Å². The van der Waals surface area contributed by atoms with Gasteiger partial charge in [-0.15, -0.1) is 0 Å². The quantitative estimate of drug-likeness (QED) is 0.415. The van der Waals surface area contributed by atoms with Gasteiger partial charge in [-0.3, -0.25) is 4.57 Å². The molecule has 2 rings (SSSR count). The Bertz CT molecular complexity index is 397. The van der Waals surface area contributed by atoms with E-state index in [2.05, 4.69) is 17.7 Å². The van der Waals surface area contributed by atoms with Crippen LogP contribution in [-0.2, 0) is 11.1 Å². The van der Waals surface area contributed by atoms with Gasteiger partial charge in [0.1, 0.15) is 12.4 Å². The number of nitrogens with zero attached hydrogens (tertiary/aromatic N) is 2. The van der Waals surface area contributed by atoms with E-state index in [0.29, 0.717) is 0 Å². The van der Waals surface area contributed by atoms with Crippen molar-refractivity contribution < 1.29 is 9.13 Å². The summed E-state index contributed by atoms with van der Waals surface area (Å²) in [7, 11) is -2.03. The Kier molecular flexibility index (Phi) is 3.01. The first kappa shape index (κ1) is 10.9. The maximum atomic E-state index is 12.1. The van der Waals surface area contributed by atoms with Crippen LogP contribution in [0.4, 0.5) is 0 Å². The van der Waals surface area contributed by atoms with Crippen molar-refractivity contribution in [2.24, 2.45) is 0 Å². The maximum absolute atomic E-state index is 12.1. The lowest BCUT2D eigenvalue weighted by atomic mass is 10.2. The monoisotopic (exact) mass is 227 g/mol. The Morgan fingerprint density at radius 3 is 2.73 bits per heavy atom. The number of aromatic nitrogens is 2. The molecule has 0 fully saturated rings. The van der Waals surface area contributed by atoms with Crippen molar-refractivity contribution in [3.05, 3.63) is 12.4 Å². The molecule has 15 heavy (non-hydrogen) atoms. The van der Waals surface area contributed by atoms with Crippen molar-refractivity contribution in [3.8, 4) is 0 Å². The molecule has 1 aromatic heterocycles. The Morgan fingerprint density at radius 1 is 1.33 bits per heavy atom. The molecule has 2 heterocycles.